The number of carboxylic acid groups (broad SMARTS) is 1. The van der Waals surface area contributed by atoms with Gasteiger partial charge in [0.05, 0.1) is 13.7 Å². The quantitative estimate of drug-likeness (QED) is 0.0639. The summed E-state index contributed by atoms with van der Waals surface area (Å²) in [5.41, 5.74) is 8.87. The SMILES string of the molecule is COc1cc([C@H](Nc2ccc(C(N)=NO)cc2)C(=O)CNC(C(=O)O)c2ccccc2)ccc1OCc1ccccc1. The highest BCUT2D eigenvalue weighted by molar-refractivity contribution is 5.97. The van der Waals surface area contributed by atoms with E-state index in [4.69, 9.17) is 20.4 Å². The molecule has 0 spiro atoms. The summed E-state index contributed by atoms with van der Waals surface area (Å²) in [7, 11) is 1.52. The lowest BCUT2D eigenvalue weighted by molar-refractivity contribution is -0.139. The van der Waals surface area contributed by atoms with Crippen molar-refractivity contribution in [2.75, 3.05) is 19.0 Å². The van der Waals surface area contributed by atoms with Crippen LogP contribution in [0.3, 0.4) is 0 Å². The van der Waals surface area contributed by atoms with Crippen LogP contribution in [0.15, 0.2) is 108 Å². The molecule has 0 aliphatic carbocycles. The summed E-state index contributed by atoms with van der Waals surface area (Å²) < 4.78 is 11.6. The smallest absolute Gasteiger partial charge is 0.325 e. The van der Waals surface area contributed by atoms with Gasteiger partial charge in [-0.15, -0.1) is 0 Å². The highest BCUT2D eigenvalue weighted by Gasteiger charge is 2.26. The van der Waals surface area contributed by atoms with Crippen LogP contribution >= 0.6 is 0 Å². The number of ether oxygens (including phenoxy) is 2. The van der Waals surface area contributed by atoms with Gasteiger partial charge < -0.3 is 30.8 Å². The van der Waals surface area contributed by atoms with Crippen molar-refractivity contribution in [1.82, 2.24) is 5.32 Å². The predicted molar refractivity (Wildman–Crippen MR) is 159 cm³/mol. The van der Waals surface area contributed by atoms with Crippen LogP contribution in [0.1, 0.15) is 34.3 Å². The summed E-state index contributed by atoms with van der Waals surface area (Å²) in [6, 6.07) is 28.3. The second kappa shape index (κ2) is 14.3. The molecular formula is C32H32N4O6. The number of oxime groups is 1. The lowest BCUT2D eigenvalue weighted by atomic mass is 10.00. The molecule has 0 amide bonds. The Morgan fingerprint density at radius 2 is 1.52 bits per heavy atom. The molecular weight excluding hydrogens is 536 g/mol. The van der Waals surface area contributed by atoms with Gasteiger partial charge in [0.2, 0.25) is 0 Å². The number of Topliss-reactive ketones (excluding diaryl/α,β-unsaturated/α-hetero) is 1. The summed E-state index contributed by atoms with van der Waals surface area (Å²) in [5.74, 6) is -0.509. The van der Waals surface area contributed by atoms with Crippen molar-refractivity contribution < 1.29 is 29.4 Å². The number of rotatable bonds is 14. The van der Waals surface area contributed by atoms with Gasteiger partial charge in [-0.2, -0.15) is 0 Å². The monoisotopic (exact) mass is 568 g/mol. The molecule has 10 heteroatoms. The number of carbonyl (C=O) groups is 2. The zero-order valence-corrected chi connectivity index (χ0v) is 22.9. The Morgan fingerprint density at radius 3 is 2.14 bits per heavy atom. The van der Waals surface area contributed by atoms with E-state index in [-0.39, 0.29) is 18.2 Å². The Bertz CT molecular complexity index is 1510. The molecule has 0 heterocycles. The first kappa shape index (κ1) is 29.6. The molecule has 4 aromatic rings. The number of aliphatic carboxylic acids is 1. The molecule has 0 aliphatic heterocycles. The van der Waals surface area contributed by atoms with Crippen LogP contribution in [0.5, 0.6) is 11.5 Å². The topological polar surface area (TPSA) is 155 Å². The Kier molecular flexibility index (Phi) is 10.1. The van der Waals surface area contributed by atoms with E-state index in [1.807, 2.05) is 30.3 Å². The number of carbonyl (C=O) groups excluding carboxylic acids is 1. The zero-order chi connectivity index (χ0) is 29.9. The van der Waals surface area contributed by atoms with Crippen LogP contribution in [0.25, 0.3) is 0 Å². The van der Waals surface area contributed by atoms with Gasteiger partial charge in [0, 0.05) is 11.3 Å². The fraction of sp³-hybridized carbons (Fsp3) is 0.156. The van der Waals surface area contributed by atoms with Crippen molar-refractivity contribution in [3.8, 4) is 11.5 Å². The minimum atomic E-state index is -1.10. The van der Waals surface area contributed by atoms with E-state index in [9.17, 15) is 14.7 Å². The number of nitrogens with zero attached hydrogens (tertiary/aromatic N) is 1. The zero-order valence-electron chi connectivity index (χ0n) is 22.9. The fourth-order valence-corrected chi connectivity index (χ4v) is 4.33. The molecule has 0 saturated heterocycles. The first-order chi connectivity index (χ1) is 20.4. The lowest BCUT2D eigenvalue weighted by Crippen LogP contribution is -2.36. The van der Waals surface area contributed by atoms with E-state index < -0.39 is 18.1 Å². The number of hydrogen-bond acceptors (Lipinski definition) is 8. The van der Waals surface area contributed by atoms with Gasteiger partial charge in [0.15, 0.2) is 23.1 Å². The molecule has 0 saturated carbocycles. The molecule has 1 unspecified atom stereocenters. The molecule has 42 heavy (non-hydrogen) atoms. The molecule has 0 aromatic heterocycles. The van der Waals surface area contributed by atoms with Crippen molar-refractivity contribution in [2.24, 2.45) is 10.9 Å². The lowest BCUT2D eigenvalue weighted by Gasteiger charge is -2.22. The molecule has 0 bridgehead atoms. The van der Waals surface area contributed by atoms with Crippen molar-refractivity contribution in [3.63, 3.8) is 0 Å². The number of amidine groups is 1. The number of nitrogens with one attached hydrogen (secondary N) is 2. The minimum Gasteiger partial charge on any atom is -0.493 e. The highest BCUT2D eigenvalue weighted by Crippen LogP contribution is 2.33. The largest absolute Gasteiger partial charge is 0.493 e. The average Bonchev–Trinajstić information content (AvgIpc) is 3.03. The number of methoxy groups -OCH3 is 1. The fourth-order valence-electron chi connectivity index (χ4n) is 4.33. The number of anilines is 1. The number of hydrogen-bond donors (Lipinski definition) is 5. The van der Waals surface area contributed by atoms with Crippen LogP contribution in [-0.4, -0.2) is 41.6 Å². The van der Waals surface area contributed by atoms with Crippen LogP contribution in [0.2, 0.25) is 0 Å². The number of nitrogens with two attached hydrogens (primary N) is 1. The van der Waals surface area contributed by atoms with Crippen LogP contribution in [-0.2, 0) is 16.2 Å². The number of ketones is 1. The Hall–Kier alpha value is -5.35. The molecule has 0 fully saturated rings. The molecule has 4 rings (SSSR count). The molecule has 4 aromatic carbocycles. The predicted octanol–water partition coefficient (Wildman–Crippen LogP) is 4.51. The summed E-state index contributed by atoms with van der Waals surface area (Å²) in [6.07, 6.45) is 0. The van der Waals surface area contributed by atoms with Gasteiger partial charge >= 0.3 is 5.97 Å². The molecule has 10 nitrogen and oxygen atoms in total. The first-order valence-electron chi connectivity index (χ1n) is 13.1. The van der Waals surface area contributed by atoms with Crippen molar-refractivity contribution in [2.45, 2.75) is 18.7 Å². The third kappa shape index (κ3) is 7.64. The minimum absolute atomic E-state index is 0.0465. The van der Waals surface area contributed by atoms with E-state index in [1.54, 1.807) is 72.8 Å². The van der Waals surface area contributed by atoms with Gasteiger partial charge in [-0.25, -0.2) is 0 Å². The van der Waals surface area contributed by atoms with E-state index in [1.165, 1.54) is 7.11 Å². The molecule has 2 atom stereocenters. The average molecular weight is 569 g/mol. The number of benzene rings is 4. The number of carboxylic acids is 1. The van der Waals surface area contributed by atoms with Crippen molar-refractivity contribution in [3.05, 3.63) is 125 Å². The summed E-state index contributed by atoms with van der Waals surface area (Å²) in [4.78, 5) is 25.6. The maximum atomic E-state index is 13.7. The molecule has 0 aliphatic rings. The van der Waals surface area contributed by atoms with Crippen LogP contribution in [0.4, 0.5) is 5.69 Å². The van der Waals surface area contributed by atoms with Crippen molar-refractivity contribution >= 4 is 23.3 Å². The Labute approximate surface area is 243 Å². The van der Waals surface area contributed by atoms with E-state index in [2.05, 4.69) is 15.8 Å². The third-order valence-electron chi connectivity index (χ3n) is 6.54. The summed E-state index contributed by atoms with van der Waals surface area (Å²) in [6.45, 7) is 0.101. The van der Waals surface area contributed by atoms with Gasteiger partial charge in [0.25, 0.3) is 0 Å². The Balaban J connectivity index is 1.59. The summed E-state index contributed by atoms with van der Waals surface area (Å²) in [5, 5.41) is 27.9. The van der Waals surface area contributed by atoms with Gasteiger partial charge in [-0.05, 0) is 53.1 Å². The van der Waals surface area contributed by atoms with Gasteiger partial charge in [-0.1, -0.05) is 71.9 Å². The second-order valence-electron chi connectivity index (χ2n) is 9.35. The molecule has 6 N–H and O–H groups in total. The van der Waals surface area contributed by atoms with E-state index >= 15 is 0 Å². The molecule has 216 valence electrons. The third-order valence-corrected chi connectivity index (χ3v) is 6.54. The molecule has 0 radical (unpaired) electrons. The maximum Gasteiger partial charge on any atom is 0.325 e. The van der Waals surface area contributed by atoms with E-state index in [0.717, 1.165) is 5.56 Å². The normalized spacial score (nSPS) is 12.6. The van der Waals surface area contributed by atoms with Crippen molar-refractivity contribution in [1.29, 1.82) is 0 Å². The van der Waals surface area contributed by atoms with Gasteiger partial charge in [-0.3, -0.25) is 14.9 Å². The van der Waals surface area contributed by atoms with Crippen LogP contribution < -0.4 is 25.8 Å². The maximum absolute atomic E-state index is 13.7. The second-order valence-corrected chi connectivity index (χ2v) is 9.35. The Morgan fingerprint density at radius 1 is 0.857 bits per heavy atom. The van der Waals surface area contributed by atoms with Crippen LogP contribution in [0, 0.1) is 0 Å². The van der Waals surface area contributed by atoms with Gasteiger partial charge in [0.1, 0.15) is 18.7 Å². The van der Waals surface area contributed by atoms with E-state index in [0.29, 0.717) is 40.5 Å². The first-order valence-corrected chi connectivity index (χ1v) is 13.1. The summed E-state index contributed by atoms with van der Waals surface area (Å²) >= 11 is 0. The standard InChI is InChI=1S/C32H32N4O6/c1-41-28-18-24(14-17-27(28)42-20-21-8-4-2-5-9-21)29(35-25-15-12-23(13-16-25)31(33)36-40)26(37)19-34-30(32(38)39)22-10-6-3-7-11-22/h2-18,29-30,34-35,40H,19-20H2,1H3,(H2,33,36)(H,38,39)/t29-,30?/m0/s1. The highest BCUT2D eigenvalue weighted by atomic mass is 16.5.